The molecular weight excluding hydrogens is 346 g/mol. The molecule has 3 rings (SSSR count). The number of aryl methyl sites for hydroxylation is 2. The third-order valence-corrected chi connectivity index (χ3v) is 4.35. The van der Waals surface area contributed by atoms with Gasteiger partial charge in [0.2, 0.25) is 0 Å². The van der Waals surface area contributed by atoms with Crippen molar-refractivity contribution >= 4 is 12.2 Å². The minimum atomic E-state index is 0.616. The molecule has 0 fully saturated rings. The van der Waals surface area contributed by atoms with Gasteiger partial charge in [0, 0.05) is 10.8 Å². The molecule has 2 heterocycles. The molecular formula is C24H29N3O. The van der Waals surface area contributed by atoms with Crippen LogP contribution in [0.4, 0.5) is 0 Å². The first-order chi connectivity index (χ1) is 13.6. The number of methoxy groups -OCH3 is 1. The van der Waals surface area contributed by atoms with Crippen LogP contribution in [-0.4, -0.2) is 22.1 Å². The number of nitrogens with zero attached hydrogens (tertiary/aromatic N) is 3. The van der Waals surface area contributed by atoms with E-state index in [-0.39, 0.29) is 0 Å². The van der Waals surface area contributed by atoms with E-state index in [2.05, 4.69) is 42.2 Å². The lowest BCUT2D eigenvalue weighted by molar-refractivity contribution is 0.409. The zero-order chi connectivity index (χ0) is 20.7. The second-order valence-corrected chi connectivity index (χ2v) is 6.12. The first-order valence-corrected chi connectivity index (χ1v) is 9.67. The van der Waals surface area contributed by atoms with E-state index in [1.165, 1.54) is 5.56 Å². The summed E-state index contributed by atoms with van der Waals surface area (Å²) < 4.78 is 5.31. The summed E-state index contributed by atoms with van der Waals surface area (Å²) in [6, 6.07) is 12.2. The third-order valence-electron chi connectivity index (χ3n) is 4.35. The molecule has 4 nitrogen and oxygen atoms in total. The SMILES string of the molecule is C/C=c1/c(-c2ccc(C)cc2)nc(-c2ccc(OC)c(C)n2)n/c1=C/C.CC. The molecule has 0 aliphatic rings. The van der Waals surface area contributed by atoms with Gasteiger partial charge in [0.1, 0.15) is 11.4 Å². The van der Waals surface area contributed by atoms with Crippen molar-refractivity contribution in [1.29, 1.82) is 0 Å². The second-order valence-electron chi connectivity index (χ2n) is 6.12. The molecule has 1 aromatic carbocycles. The van der Waals surface area contributed by atoms with Crippen molar-refractivity contribution in [3.8, 4) is 28.5 Å². The summed E-state index contributed by atoms with van der Waals surface area (Å²) in [5, 5.41) is 1.94. The normalized spacial score (nSPS) is 11.8. The van der Waals surface area contributed by atoms with Crippen LogP contribution in [0, 0.1) is 13.8 Å². The highest BCUT2D eigenvalue weighted by atomic mass is 16.5. The van der Waals surface area contributed by atoms with Crippen LogP contribution in [0.1, 0.15) is 39.0 Å². The van der Waals surface area contributed by atoms with Crippen LogP contribution >= 0.6 is 0 Å². The van der Waals surface area contributed by atoms with Crippen molar-refractivity contribution < 1.29 is 4.74 Å². The van der Waals surface area contributed by atoms with Gasteiger partial charge in [-0.05, 0) is 39.8 Å². The summed E-state index contributed by atoms with van der Waals surface area (Å²) in [5.41, 5.74) is 4.77. The van der Waals surface area contributed by atoms with Crippen molar-refractivity contribution in [3.05, 3.63) is 58.2 Å². The smallest absolute Gasteiger partial charge is 0.179 e. The Labute approximate surface area is 167 Å². The van der Waals surface area contributed by atoms with Crippen LogP contribution in [0.2, 0.25) is 0 Å². The van der Waals surface area contributed by atoms with E-state index >= 15 is 0 Å². The van der Waals surface area contributed by atoms with E-state index in [0.29, 0.717) is 5.82 Å². The highest BCUT2D eigenvalue weighted by Crippen LogP contribution is 2.21. The van der Waals surface area contributed by atoms with Crippen LogP contribution in [-0.2, 0) is 0 Å². The minimum absolute atomic E-state index is 0.616. The van der Waals surface area contributed by atoms with Gasteiger partial charge in [0.15, 0.2) is 5.82 Å². The molecule has 3 aromatic rings. The molecule has 0 bridgehead atoms. The quantitative estimate of drug-likeness (QED) is 0.678. The Hall–Kier alpha value is -3.01. The highest BCUT2D eigenvalue weighted by molar-refractivity contribution is 5.65. The fourth-order valence-electron chi connectivity index (χ4n) is 2.93. The van der Waals surface area contributed by atoms with Gasteiger partial charge in [-0.3, -0.25) is 0 Å². The largest absolute Gasteiger partial charge is 0.495 e. The predicted molar refractivity (Wildman–Crippen MR) is 118 cm³/mol. The molecule has 0 radical (unpaired) electrons. The summed E-state index contributed by atoms with van der Waals surface area (Å²) in [6.45, 7) is 12.0. The van der Waals surface area contributed by atoms with Gasteiger partial charge < -0.3 is 4.74 Å². The molecule has 0 atom stereocenters. The summed E-state index contributed by atoms with van der Waals surface area (Å²) in [7, 11) is 1.64. The Balaban J connectivity index is 0.00000136. The minimum Gasteiger partial charge on any atom is -0.495 e. The van der Waals surface area contributed by atoms with E-state index in [9.17, 15) is 0 Å². The number of hydrogen-bond donors (Lipinski definition) is 0. The van der Waals surface area contributed by atoms with E-state index in [1.54, 1.807) is 7.11 Å². The maximum Gasteiger partial charge on any atom is 0.179 e. The average Bonchev–Trinajstić information content (AvgIpc) is 2.74. The van der Waals surface area contributed by atoms with Crippen LogP contribution in [0.25, 0.3) is 34.9 Å². The van der Waals surface area contributed by atoms with Crippen molar-refractivity contribution in [3.63, 3.8) is 0 Å². The number of ether oxygens (including phenoxy) is 1. The Morgan fingerprint density at radius 2 is 1.50 bits per heavy atom. The number of hydrogen-bond acceptors (Lipinski definition) is 4. The Morgan fingerprint density at radius 3 is 2.04 bits per heavy atom. The van der Waals surface area contributed by atoms with Gasteiger partial charge in [-0.25, -0.2) is 15.0 Å². The lowest BCUT2D eigenvalue weighted by Crippen LogP contribution is -2.31. The molecule has 0 N–H and O–H groups in total. The van der Waals surface area contributed by atoms with E-state index in [0.717, 1.165) is 39.0 Å². The van der Waals surface area contributed by atoms with Crippen molar-refractivity contribution in [2.45, 2.75) is 41.5 Å². The standard InChI is InChI=1S/C22H23N3O.C2H6/c1-6-17-18(7-2)24-22(19-12-13-20(26-5)15(4)23-19)25-21(17)16-10-8-14(3)9-11-16;1-2/h6-13H,1-5H3;1-2H3/b17-6+,18-7+;. The van der Waals surface area contributed by atoms with Crippen molar-refractivity contribution in [2.24, 2.45) is 0 Å². The first-order valence-electron chi connectivity index (χ1n) is 9.67. The van der Waals surface area contributed by atoms with E-state index in [1.807, 2.05) is 52.8 Å². The molecule has 0 saturated heterocycles. The number of aromatic nitrogens is 3. The molecule has 0 spiro atoms. The summed E-state index contributed by atoms with van der Waals surface area (Å²) in [5.74, 6) is 1.37. The lowest BCUT2D eigenvalue weighted by Gasteiger charge is -2.09. The molecule has 0 aliphatic carbocycles. The zero-order valence-corrected chi connectivity index (χ0v) is 17.9. The lowest BCUT2D eigenvalue weighted by atomic mass is 10.1. The highest BCUT2D eigenvalue weighted by Gasteiger charge is 2.11. The van der Waals surface area contributed by atoms with Gasteiger partial charge >= 0.3 is 0 Å². The van der Waals surface area contributed by atoms with E-state index < -0.39 is 0 Å². The molecule has 28 heavy (non-hydrogen) atoms. The van der Waals surface area contributed by atoms with Gasteiger partial charge in [-0.1, -0.05) is 55.8 Å². The zero-order valence-electron chi connectivity index (χ0n) is 17.9. The van der Waals surface area contributed by atoms with Crippen molar-refractivity contribution in [2.75, 3.05) is 7.11 Å². The third kappa shape index (κ3) is 4.45. The second kappa shape index (κ2) is 9.79. The number of rotatable bonds is 3. The summed E-state index contributed by atoms with van der Waals surface area (Å²) in [4.78, 5) is 14.2. The topological polar surface area (TPSA) is 47.9 Å². The van der Waals surface area contributed by atoms with Gasteiger partial charge in [0.25, 0.3) is 0 Å². The monoisotopic (exact) mass is 375 g/mol. The molecule has 0 unspecified atom stereocenters. The predicted octanol–water partition coefficient (Wildman–Crippen LogP) is 4.46. The molecule has 4 heteroatoms. The Bertz CT molecular complexity index is 1050. The Kier molecular flexibility index (Phi) is 7.44. The van der Waals surface area contributed by atoms with Crippen molar-refractivity contribution in [1.82, 2.24) is 15.0 Å². The fourth-order valence-corrected chi connectivity index (χ4v) is 2.93. The van der Waals surface area contributed by atoms with Gasteiger partial charge in [0.05, 0.1) is 23.8 Å². The molecule has 2 aromatic heterocycles. The fraction of sp³-hybridized carbons (Fsp3) is 0.292. The van der Waals surface area contributed by atoms with Crippen LogP contribution < -0.4 is 15.3 Å². The molecule has 0 aliphatic heterocycles. The molecule has 0 saturated carbocycles. The van der Waals surface area contributed by atoms with Crippen LogP contribution in [0.15, 0.2) is 36.4 Å². The van der Waals surface area contributed by atoms with E-state index in [4.69, 9.17) is 14.7 Å². The van der Waals surface area contributed by atoms with Gasteiger partial charge in [-0.15, -0.1) is 0 Å². The van der Waals surface area contributed by atoms with Crippen LogP contribution in [0.3, 0.4) is 0 Å². The summed E-state index contributed by atoms with van der Waals surface area (Å²) >= 11 is 0. The van der Waals surface area contributed by atoms with Gasteiger partial charge in [-0.2, -0.15) is 0 Å². The number of benzene rings is 1. The molecule has 146 valence electrons. The number of pyridine rings is 1. The Morgan fingerprint density at radius 1 is 0.821 bits per heavy atom. The van der Waals surface area contributed by atoms with Crippen LogP contribution in [0.5, 0.6) is 5.75 Å². The average molecular weight is 376 g/mol. The summed E-state index contributed by atoms with van der Waals surface area (Å²) in [6.07, 6.45) is 4.07. The maximum atomic E-state index is 5.31. The maximum absolute atomic E-state index is 5.31. The first kappa shape index (κ1) is 21.3. The molecule has 0 amide bonds.